The number of nitrogens with two attached hydrogens (primary N) is 1. The van der Waals surface area contributed by atoms with E-state index in [2.05, 4.69) is 15.9 Å². The summed E-state index contributed by atoms with van der Waals surface area (Å²) in [5.74, 6) is 0.764. The predicted molar refractivity (Wildman–Crippen MR) is 55.4 cm³/mol. The number of benzene rings is 1. The topological polar surface area (TPSA) is 61.6 Å². The number of ether oxygens (including phenoxy) is 2. The van der Waals surface area contributed by atoms with Gasteiger partial charge in [0.15, 0.2) is 6.61 Å². The molecule has 0 unspecified atom stereocenters. The number of rotatable bonds is 4. The van der Waals surface area contributed by atoms with E-state index in [1.165, 1.54) is 0 Å². The molecule has 76 valence electrons. The van der Waals surface area contributed by atoms with Gasteiger partial charge in [-0.2, -0.15) is 0 Å². The van der Waals surface area contributed by atoms with Gasteiger partial charge >= 0.3 is 0 Å². The average Bonchev–Trinajstić information content (AvgIpc) is 2.15. The second-order valence-corrected chi connectivity index (χ2v) is 3.41. The van der Waals surface area contributed by atoms with Crippen molar-refractivity contribution in [3.8, 4) is 11.5 Å². The summed E-state index contributed by atoms with van der Waals surface area (Å²) >= 11 is 3.28. The van der Waals surface area contributed by atoms with Gasteiger partial charge in [-0.05, 0) is 34.1 Å². The molecule has 0 aliphatic heterocycles. The summed E-state index contributed by atoms with van der Waals surface area (Å²) < 4.78 is 10.8. The molecule has 5 heteroatoms. The third-order valence-electron chi connectivity index (χ3n) is 1.51. The Hall–Kier alpha value is -1.23. The molecule has 2 N–H and O–H groups in total. The van der Waals surface area contributed by atoms with Gasteiger partial charge in [-0.15, -0.1) is 0 Å². The van der Waals surface area contributed by atoms with Gasteiger partial charge in [0.2, 0.25) is 0 Å². The maximum absolute atomic E-state index is 10.5. The van der Waals surface area contributed by atoms with E-state index < -0.39 is 5.91 Å². The molecule has 1 aromatic carbocycles. The minimum atomic E-state index is -0.507. The molecule has 0 heterocycles. The van der Waals surface area contributed by atoms with E-state index in [1.54, 1.807) is 25.3 Å². The minimum absolute atomic E-state index is 0.134. The standard InChI is InChI=1S/C9H10BrNO3/c1-13-6-2-3-8(7(10)4-6)14-5-9(11)12/h2-4H,5H2,1H3,(H2,11,12). The van der Waals surface area contributed by atoms with E-state index in [1.807, 2.05) is 0 Å². The van der Waals surface area contributed by atoms with Crippen LogP contribution in [0.2, 0.25) is 0 Å². The van der Waals surface area contributed by atoms with Gasteiger partial charge in [0, 0.05) is 0 Å². The molecule has 0 bridgehead atoms. The van der Waals surface area contributed by atoms with E-state index >= 15 is 0 Å². The molecule has 0 aliphatic carbocycles. The van der Waals surface area contributed by atoms with Crippen molar-refractivity contribution < 1.29 is 14.3 Å². The molecular weight excluding hydrogens is 250 g/mol. The van der Waals surface area contributed by atoms with Crippen molar-refractivity contribution in [2.75, 3.05) is 13.7 Å². The lowest BCUT2D eigenvalue weighted by Gasteiger charge is -2.07. The number of primary amides is 1. The van der Waals surface area contributed by atoms with Crippen molar-refractivity contribution >= 4 is 21.8 Å². The molecule has 4 nitrogen and oxygen atoms in total. The minimum Gasteiger partial charge on any atom is -0.497 e. The number of hydrogen-bond acceptors (Lipinski definition) is 3. The van der Waals surface area contributed by atoms with E-state index in [0.29, 0.717) is 11.5 Å². The molecule has 0 saturated heterocycles. The molecule has 0 fully saturated rings. The van der Waals surface area contributed by atoms with Crippen LogP contribution in [0.4, 0.5) is 0 Å². The SMILES string of the molecule is COc1ccc(OCC(N)=O)c(Br)c1. The molecule has 14 heavy (non-hydrogen) atoms. The summed E-state index contributed by atoms with van der Waals surface area (Å²) in [6.45, 7) is -0.134. The molecule has 0 atom stereocenters. The van der Waals surface area contributed by atoms with Crippen molar-refractivity contribution in [3.05, 3.63) is 22.7 Å². The van der Waals surface area contributed by atoms with E-state index in [4.69, 9.17) is 15.2 Å². The zero-order chi connectivity index (χ0) is 10.6. The Morgan fingerprint density at radius 1 is 1.57 bits per heavy atom. The summed E-state index contributed by atoms with van der Waals surface area (Å²) in [5.41, 5.74) is 4.94. The summed E-state index contributed by atoms with van der Waals surface area (Å²) in [5, 5.41) is 0. The predicted octanol–water partition coefficient (Wildman–Crippen LogP) is 1.32. The van der Waals surface area contributed by atoms with Crippen LogP contribution in [-0.2, 0) is 4.79 Å². The fourth-order valence-corrected chi connectivity index (χ4v) is 1.35. The average molecular weight is 260 g/mol. The second kappa shape index (κ2) is 4.85. The molecular formula is C9H10BrNO3. The monoisotopic (exact) mass is 259 g/mol. The van der Waals surface area contributed by atoms with Crippen molar-refractivity contribution in [1.29, 1.82) is 0 Å². The molecule has 1 aromatic rings. The third-order valence-corrected chi connectivity index (χ3v) is 2.13. The van der Waals surface area contributed by atoms with Crippen LogP contribution in [0.3, 0.4) is 0 Å². The highest BCUT2D eigenvalue weighted by Crippen LogP contribution is 2.28. The smallest absolute Gasteiger partial charge is 0.255 e. The molecule has 1 amide bonds. The van der Waals surface area contributed by atoms with Gasteiger partial charge in [0.25, 0.3) is 5.91 Å². The molecule has 0 aliphatic rings. The Bertz CT molecular complexity index is 341. The van der Waals surface area contributed by atoms with Crippen molar-refractivity contribution in [2.45, 2.75) is 0 Å². The van der Waals surface area contributed by atoms with Crippen LogP contribution >= 0.6 is 15.9 Å². The number of methoxy groups -OCH3 is 1. The van der Waals surface area contributed by atoms with Crippen LogP contribution in [0.5, 0.6) is 11.5 Å². The lowest BCUT2D eigenvalue weighted by atomic mass is 10.3. The first kappa shape index (κ1) is 10.8. The Balaban J connectivity index is 2.73. The van der Waals surface area contributed by atoms with Crippen LogP contribution in [0.15, 0.2) is 22.7 Å². The molecule has 0 spiro atoms. The second-order valence-electron chi connectivity index (χ2n) is 2.55. The molecule has 0 saturated carbocycles. The van der Waals surface area contributed by atoms with Crippen molar-refractivity contribution in [1.82, 2.24) is 0 Å². The summed E-state index contributed by atoms with van der Waals surface area (Å²) in [6, 6.07) is 5.18. The first-order valence-corrected chi connectivity index (χ1v) is 4.67. The lowest BCUT2D eigenvalue weighted by molar-refractivity contribution is -0.119. The maximum Gasteiger partial charge on any atom is 0.255 e. The van der Waals surface area contributed by atoms with Gasteiger partial charge in [0.05, 0.1) is 11.6 Å². The van der Waals surface area contributed by atoms with Crippen LogP contribution in [0.1, 0.15) is 0 Å². The van der Waals surface area contributed by atoms with Crippen LogP contribution in [0, 0.1) is 0 Å². The zero-order valence-electron chi connectivity index (χ0n) is 7.62. The molecule has 1 rings (SSSR count). The van der Waals surface area contributed by atoms with E-state index in [9.17, 15) is 4.79 Å². The first-order valence-electron chi connectivity index (χ1n) is 3.88. The number of carbonyl (C=O) groups excluding carboxylic acids is 1. The number of halogens is 1. The van der Waals surface area contributed by atoms with Gasteiger partial charge in [-0.25, -0.2) is 0 Å². The van der Waals surface area contributed by atoms with E-state index in [0.717, 1.165) is 4.47 Å². The Morgan fingerprint density at radius 3 is 2.79 bits per heavy atom. The molecule has 0 aromatic heterocycles. The van der Waals surface area contributed by atoms with Crippen LogP contribution in [-0.4, -0.2) is 19.6 Å². The fraction of sp³-hybridized carbons (Fsp3) is 0.222. The summed E-state index contributed by atoms with van der Waals surface area (Å²) in [7, 11) is 1.58. The first-order chi connectivity index (χ1) is 6.63. The van der Waals surface area contributed by atoms with Gasteiger partial charge in [0.1, 0.15) is 11.5 Å². The number of amides is 1. The lowest BCUT2D eigenvalue weighted by Crippen LogP contribution is -2.20. The number of carbonyl (C=O) groups is 1. The van der Waals surface area contributed by atoms with E-state index in [-0.39, 0.29) is 6.61 Å². The summed E-state index contributed by atoms with van der Waals surface area (Å²) in [4.78, 5) is 10.5. The highest BCUT2D eigenvalue weighted by atomic mass is 79.9. The third kappa shape index (κ3) is 2.92. The van der Waals surface area contributed by atoms with Crippen molar-refractivity contribution in [3.63, 3.8) is 0 Å². The van der Waals surface area contributed by atoms with Crippen molar-refractivity contribution in [2.24, 2.45) is 5.73 Å². The molecule has 0 radical (unpaired) electrons. The van der Waals surface area contributed by atoms with Gasteiger partial charge in [-0.1, -0.05) is 0 Å². The maximum atomic E-state index is 10.5. The summed E-state index contributed by atoms with van der Waals surface area (Å²) in [6.07, 6.45) is 0. The Morgan fingerprint density at radius 2 is 2.29 bits per heavy atom. The van der Waals surface area contributed by atoms with Crippen LogP contribution < -0.4 is 15.2 Å². The fourth-order valence-electron chi connectivity index (χ4n) is 0.874. The number of hydrogen-bond donors (Lipinski definition) is 1. The quantitative estimate of drug-likeness (QED) is 0.888. The Kier molecular flexibility index (Phi) is 3.76. The van der Waals surface area contributed by atoms with Crippen LogP contribution in [0.25, 0.3) is 0 Å². The zero-order valence-corrected chi connectivity index (χ0v) is 9.21. The highest BCUT2D eigenvalue weighted by Gasteiger charge is 2.03. The van der Waals surface area contributed by atoms with Gasteiger partial charge in [-0.3, -0.25) is 4.79 Å². The highest BCUT2D eigenvalue weighted by molar-refractivity contribution is 9.10. The van der Waals surface area contributed by atoms with Gasteiger partial charge < -0.3 is 15.2 Å². The largest absolute Gasteiger partial charge is 0.497 e. The Labute approximate surface area is 90.1 Å². The normalized spacial score (nSPS) is 9.57.